The first-order chi connectivity index (χ1) is 14.6. The Morgan fingerprint density at radius 2 is 0.733 bits per heavy atom. The molecule has 0 atom stereocenters. The van der Waals surface area contributed by atoms with Crippen LogP contribution < -0.4 is 0 Å². The number of hydrogen-bond donors (Lipinski definition) is 0. The second-order valence-corrected chi connectivity index (χ2v) is 43.2. The van der Waals surface area contributed by atoms with Gasteiger partial charge >= 0.3 is 203 Å². The minimum absolute atomic E-state index is 1.25. The van der Waals surface area contributed by atoms with Gasteiger partial charge in [0.25, 0.3) is 0 Å². The van der Waals surface area contributed by atoms with Crippen LogP contribution in [0.25, 0.3) is 0 Å². The number of unbranched alkanes of at least 4 members (excludes halogenated alkanes) is 6. The molecule has 0 aromatic carbocycles. The summed E-state index contributed by atoms with van der Waals surface area (Å²) < 4.78 is 11.5. The van der Waals surface area contributed by atoms with E-state index in [1.165, 1.54) is 85.4 Å². The van der Waals surface area contributed by atoms with Crippen LogP contribution in [-0.4, -0.2) is 36.8 Å². The normalized spacial score (nSPS) is 12.6. The molecule has 0 saturated heterocycles. The molecule has 0 aromatic rings. The van der Waals surface area contributed by atoms with Crippen molar-refractivity contribution in [3.05, 3.63) is 12.7 Å². The fraction of sp³-hybridized carbons (Fsp3) is 0.929. The van der Waals surface area contributed by atoms with E-state index in [1.807, 2.05) is 0 Å². The van der Waals surface area contributed by atoms with Crippen molar-refractivity contribution in [2.45, 2.75) is 154 Å². The summed E-state index contributed by atoms with van der Waals surface area (Å²) in [6, 6.07) is 0. The van der Waals surface area contributed by atoms with Crippen LogP contribution in [0.15, 0.2) is 12.7 Å². The van der Waals surface area contributed by atoms with Crippen LogP contribution in [0, 0.1) is 0 Å². The molecular formula is C28H60Sn2. The Balaban J connectivity index is 6.41. The summed E-state index contributed by atoms with van der Waals surface area (Å²) in [6.07, 6.45) is 21.6. The van der Waals surface area contributed by atoms with Gasteiger partial charge < -0.3 is 0 Å². The summed E-state index contributed by atoms with van der Waals surface area (Å²) in [6.45, 7) is 19.0. The van der Waals surface area contributed by atoms with Crippen LogP contribution in [0.5, 0.6) is 0 Å². The molecule has 0 amide bonds. The first kappa shape index (κ1) is 31.3. The average Bonchev–Trinajstić information content (AvgIpc) is 2.77. The van der Waals surface area contributed by atoms with Crippen LogP contribution >= 0.6 is 0 Å². The van der Waals surface area contributed by atoms with Crippen molar-refractivity contribution in [1.29, 1.82) is 0 Å². The SMILES string of the molecule is C=CC[CH]([Sn]([CH2]CCC)([CH2]CCC)[CH2]CCC)[Sn]([CH2]CCC)([CH2]CCC)[CH2]CCC. The molecule has 0 aliphatic rings. The Kier molecular flexibility index (Phi) is 20.7. The monoisotopic (exact) mass is 636 g/mol. The van der Waals surface area contributed by atoms with Gasteiger partial charge in [-0.05, 0) is 0 Å². The molecule has 0 saturated carbocycles. The van der Waals surface area contributed by atoms with Crippen molar-refractivity contribution in [2.24, 2.45) is 0 Å². The van der Waals surface area contributed by atoms with Gasteiger partial charge in [0.1, 0.15) is 0 Å². The van der Waals surface area contributed by atoms with Gasteiger partial charge in [0.2, 0.25) is 0 Å². The Morgan fingerprint density at radius 3 is 0.900 bits per heavy atom. The zero-order valence-electron chi connectivity index (χ0n) is 22.3. The van der Waals surface area contributed by atoms with E-state index in [-0.39, 0.29) is 0 Å². The summed E-state index contributed by atoms with van der Waals surface area (Å²) >= 11 is -4.49. The van der Waals surface area contributed by atoms with Crippen LogP contribution in [0.3, 0.4) is 0 Å². The van der Waals surface area contributed by atoms with Crippen LogP contribution in [0.4, 0.5) is 0 Å². The van der Waals surface area contributed by atoms with Crippen molar-refractivity contribution in [2.75, 3.05) is 0 Å². The van der Waals surface area contributed by atoms with Gasteiger partial charge in [-0.15, -0.1) is 0 Å². The van der Waals surface area contributed by atoms with Gasteiger partial charge in [0.05, 0.1) is 0 Å². The molecule has 0 fully saturated rings. The maximum atomic E-state index is 4.38. The van der Waals surface area contributed by atoms with Crippen molar-refractivity contribution in [3.63, 3.8) is 0 Å². The third-order valence-electron chi connectivity index (χ3n) is 8.05. The van der Waals surface area contributed by atoms with Crippen LogP contribution in [0.2, 0.25) is 28.6 Å². The summed E-state index contributed by atoms with van der Waals surface area (Å²) in [5.41, 5.74) is 0. The molecule has 2 heteroatoms. The molecule has 0 heterocycles. The van der Waals surface area contributed by atoms with E-state index >= 15 is 0 Å². The fourth-order valence-corrected chi connectivity index (χ4v) is 83.6. The van der Waals surface area contributed by atoms with E-state index in [9.17, 15) is 0 Å². The van der Waals surface area contributed by atoms with Gasteiger partial charge in [0.15, 0.2) is 0 Å². The van der Waals surface area contributed by atoms with Crippen molar-refractivity contribution in [3.8, 4) is 0 Å². The van der Waals surface area contributed by atoms with Crippen molar-refractivity contribution >= 4 is 36.8 Å². The quantitative estimate of drug-likeness (QED) is 0.0822. The van der Waals surface area contributed by atoms with Crippen LogP contribution in [-0.2, 0) is 0 Å². The summed E-state index contributed by atoms with van der Waals surface area (Å²) in [5.74, 6) is 0. The molecule has 0 unspecified atom stereocenters. The Morgan fingerprint density at radius 1 is 0.500 bits per heavy atom. The molecule has 0 radical (unpaired) electrons. The van der Waals surface area contributed by atoms with E-state index in [1.54, 1.807) is 26.6 Å². The standard InChI is InChI=1S/6C4H9.C4H6.2Sn/c7*1-3-4-2;;/h6*1,3-4H2,2H3;1,4H,2-3H2;;. The maximum absolute atomic E-state index is 4.38. The molecule has 0 bridgehead atoms. The van der Waals surface area contributed by atoms with Crippen molar-refractivity contribution in [1.82, 2.24) is 0 Å². The molecular weight excluding hydrogens is 574 g/mol. The average molecular weight is 634 g/mol. The topological polar surface area (TPSA) is 0 Å². The predicted octanol–water partition coefficient (Wildman–Crippen LogP) is 11.2. The van der Waals surface area contributed by atoms with E-state index in [0.717, 1.165) is 0 Å². The van der Waals surface area contributed by atoms with E-state index < -0.39 is 36.8 Å². The number of hydrogen-bond acceptors (Lipinski definition) is 0. The molecule has 180 valence electrons. The fourth-order valence-electron chi connectivity index (χ4n) is 6.28. The minimum atomic E-state index is -2.24. The zero-order valence-corrected chi connectivity index (χ0v) is 28.0. The molecule has 0 N–H and O–H groups in total. The second kappa shape index (κ2) is 19.8. The zero-order chi connectivity index (χ0) is 22.7. The second-order valence-electron chi connectivity index (χ2n) is 10.4. The van der Waals surface area contributed by atoms with E-state index in [2.05, 4.69) is 54.2 Å². The first-order valence-corrected chi connectivity index (χ1v) is 29.6. The van der Waals surface area contributed by atoms with Gasteiger partial charge in [0, 0.05) is 0 Å². The van der Waals surface area contributed by atoms with Crippen molar-refractivity contribution < 1.29 is 0 Å². The summed E-state index contributed by atoms with van der Waals surface area (Å²) in [5, 5.41) is 0. The van der Waals surface area contributed by atoms with E-state index in [4.69, 9.17) is 0 Å². The number of allylic oxidation sites excluding steroid dienone is 1. The molecule has 0 rings (SSSR count). The Bertz CT molecular complexity index is 315. The predicted molar refractivity (Wildman–Crippen MR) is 148 cm³/mol. The molecule has 30 heavy (non-hydrogen) atoms. The molecule has 0 nitrogen and oxygen atoms in total. The van der Waals surface area contributed by atoms with Gasteiger partial charge in [-0.25, -0.2) is 0 Å². The molecule has 0 aliphatic heterocycles. The summed E-state index contributed by atoms with van der Waals surface area (Å²) in [4.78, 5) is 0. The Labute approximate surface area is 201 Å². The third kappa shape index (κ3) is 11.0. The van der Waals surface area contributed by atoms with E-state index in [0.29, 0.717) is 0 Å². The molecule has 0 spiro atoms. The summed E-state index contributed by atoms with van der Waals surface area (Å²) in [7, 11) is 0. The molecule has 0 aliphatic carbocycles. The third-order valence-corrected chi connectivity index (χ3v) is 64.4. The first-order valence-electron chi connectivity index (χ1n) is 14.2. The van der Waals surface area contributed by atoms with Gasteiger partial charge in [-0.3, -0.25) is 0 Å². The van der Waals surface area contributed by atoms with Crippen LogP contribution in [0.1, 0.15) is 125 Å². The molecule has 0 aromatic heterocycles. The Hall–Kier alpha value is 1.34. The number of rotatable bonds is 22. The van der Waals surface area contributed by atoms with Gasteiger partial charge in [-0.1, -0.05) is 0 Å². The van der Waals surface area contributed by atoms with Gasteiger partial charge in [-0.2, -0.15) is 0 Å².